The van der Waals surface area contributed by atoms with Crippen molar-refractivity contribution in [1.82, 2.24) is 4.90 Å². The molecule has 7 heteroatoms. The minimum Gasteiger partial charge on any atom is -0.457 e. The summed E-state index contributed by atoms with van der Waals surface area (Å²) in [6, 6.07) is 20.7. The van der Waals surface area contributed by atoms with Gasteiger partial charge in [-0.05, 0) is 60.0 Å². The zero-order valence-electron chi connectivity index (χ0n) is 17.9. The predicted octanol–water partition coefficient (Wildman–Crippen LogP) is 5.62. The Morgan fingerprint density at radius 3 is 2.58 bits per heavy atom. The number of ether oxygens (including phenoxy) is 2. The number of nitrogens with one attached hydrogen (secondary N) is 1. The lowest BCUT2D eigenvalue weighted by atomic mass is 10.0. The summed E-state index contributed by atoms with van der Waals surface area (Å²) < 4.78 is 11.0. The van der Waals surface area contributed by atoms with Crippen LogP contribution in [-0.4, -0.2) is 36.6 Å². The smallest absolute Gasteiger partial charge is 0.409 e. The lowest BCUT2D eigenvalue weighted by molar-refractivity contribution is -0.110. The Balaban J connectivity index is 1.28. The number of rotatable bonds is 5. The number of para-hydroxylation sites is 1. The first kappa shape index (κ1) is 21.1. The molecule has 0 bridgehead atoms. The van der Waals surface area contributed by atoms with Gasteiger partial charge in [0.25, 0.3) is 5.91 Å². The zero-order chi connectivity index (χ0) is 22.9. The molecule has 0 spiro atoms. The third-order valence-corrected chi connectivity index (χ3v) is 6.17. The summed E-state index contributed by atoms with van der Waals surface area (Å²) in [5, 5.41) is 3.35. The SMILES string of the molecule is CN1C(=O)OCC1Cc1ccc(Oc2ccc(/C=C3\C(=O)Nc4ccccc43)c(Cl)c2)cc1. The second-order valence-electron chi connectivity index (χ2n) is 8.03. The largest absolute Gasteiger partial charge is 0.457 e. The van der Waals surface area contributed by atoms with Crippen LogP contribution in [0.5, 0.6) is 11.5 Å². The number of carbonyl (C=O) groups excluding carboxylic acids is 2. The molecule has 0 aliphatic carbocycles. The predicted molar refractivity (Wildman–Crippen MR) is 128 cm³/mol. The quantitative estimate of drug-likeness (QED) is 0.502. The zero-order valence-corrected chi connectivity index (χ0v) is 18.6. The number of carbonyl (C=O) groups is 2. The molecule has 2 amide bonds. The highest BCUT2D eigenvalue weighted by Crippen LogP contribution is 2.35. The first-order chi connectivity index (χ1) is 16.0. The van der Waals surface area contributed by atoms with E-state index in [1.165, 1.54) is 0 Å². The van der Waals surface area contributed by atoms with Gasteiger partial charge in [-0.2, -0.15) is 0 Å². The lowest BCUT2D eigenvalue weighted by Crippen LogP contribution is -2.30. The Morgan fingerprint density at radius 1 is 1.09 bits per heavy atom. The molecule has 2 aliphatic heterocycles. The van der Waals surface area contributed by atoms with Crippen molar-refractivity contribution < 1.29 is 19.1 Å². The van der Waals surface area contributed by atoms with Crippen LogP contribution in [0.4, 0.5) is 10.5 Å². The van der Waals surface area contributed by atoms with E-state index in [2.05, 4.69) is 5.32 Å². The summed E-state index contributed by atoms with van der Waals surface area (Å²) in [6.45, 7) is 0.405. The summed E-state index contributed by atoms with van der Waals surface area (Å²) >= 11 is 6.49. The monoisotopic (exact) mass is 460 g/mol. The number of halogens is 1. The van der Waals surface area contributed by atoms with Crippen molar-refractivity contribution in [3.05, 3.63) is 88.4 Å². The highest BCUT2D eigenvalue weighted by atomic mass is 35.5. The van der Waals surface area contributed by atoms with E-state index in [9.17, 15) is 9.59 Å². The van der Waals surface area contributed by atoms with Crippen LogP contribution in [0, 0.1) is 0 Å². The van der Waals surface area contributed by atoms with Crippen molar-refractivity contribution in [2.75, 3.05) is 19.0 Å². The third kappa shape index (κ3) is 4.30. The molecular weight excluding hydrogens is 440 g/mol. The van der Waals surface area contributed by atoms with Crippen molar-refractivity contribution >= 4 is 40.9 Å². The number of likely N-dealkylation sites (N-methyl/N-ethyl adjacent to an activating group) is 1. The van der Waals surface area contributed by atoms with Crippen LogP contribution in [0.25, 0.3) is 11.6 Å². The van der Waals surface area contributed by atoms with Gasteiger partial charge in [0, 0.05) is 23.9 Å². The second-order valence-corrected chi connectivity index (χ2v) is 8.44. The Bertz CT molecular complexity index is 1270. The number of hydrogen-bond donors (Lipinski definition) is 1. The fraction of sp³-hybridized carbons (Fsp3) is 0.154. The molecule has 33 heavy (non-hydrogen) atoms. The second kappa shape index (κ2) is 8.64. The van der Waals surface area contributed by atoms with Gasteiger partial charge < -0.3 is 19.7 Å². The maximum absolute atomic E-state index is 12.4. The van der Waals surface area contributed by atoms with Crippen LogP contribution in [0.3, 0.4) is 0 Å². The first-order valence-corrected chi connectivity index (χ1v) is 10.9. The summed E-state index contributed by atoms with van der Waals surface area (Å²) in [7, 11) is 1.75. The van der Waals surface area contributed by atoms with Crippen molar-refractivity contribution in [2.45, 2.75) is 12.5 Å². The number of anilines is 1. The topological polar surface area (TPSA) is 67.9 Å². The summed E-state index contributed by atoms with van der Waals surface area (Å²) in [4.78, 5) is 25.5. The van der Waals surface area contributed by atoms with Crippen LogP contribution in [0.15, 0.2) is 66.7 Å². The molecule has 2 aliphatic rings. The number of cyclic esters (lactones) is 1. The highest BCUT2D eigenvalue weighted by Gasteiger charge is 2.29. The van der Waals surface area contributed by atoms with Crippen LogP contribution in [-0.2, 0) is 16.0 Å². The molecule has 6 nitrogen and oxygen atoms in total. The average Bonchev–Trinajstić information content (AvgIpc) is 3.30. The fourth-order valence-electron chi connectivity index (χ4n) is 3.95. The van der Waals surface area contributed by atoms with E-state index in [-0.39, 0.29) is 18.0 Å². The van der Waals surface area contributed by atoms with E-state index in [4.69, 9.17) is 21.1 Å². The fourth-order valence-corrected chi connectivity index (χ4v) is 4.18. The standard InChI is InChI=1S/C26H21ClN2O4/c1-29-18(15-32-26(29)31)12-16-6-9-19(10-7-16)33-20-11-8-17(23(27)14-20)13-22-21-4-2-3-5-24(21)28-25(22)30/h2-11,13-14,18H,12,15H2,1H3,(H,28,30)/b22-13-. The number of benzene rings is 3. The van der Waals surface area contributed by atoms with Crippen molar-refractivity contribution in [2.24, 2.45) is 0 Å². The van der Waals surface area contributed by atoms with Crippen molar-refractivity contribution in [3.63, 3.8) is 0 Å². The van der Waals surface area contributed by atoms with Gasteiger partial charge in [-0.3, -0.25) is 4.79 Å². The van der Waals surface area contributed by atoms with Crippen LogP contribution in [0.1, 0.15) is 16.7 Å². The van der Waals surface area contributed by atoms with Gasteiger partial charge in [-0.25, -0.2) is 4.79 Å². The molecule has 0 saturated carbocycles. The summed E-state index contributed by atoms with van der Waals surface area (Å²) in [5.74, 6) is 1.13. The van der Waals surface area contributed by atoms with Gasteiger partial charge in [0.15, 0.2) is 0 Å². The molecule has 5 rings (SSSR count). The van der Waals surface area contributed by atoms with E-state index >= 15 is 0 Å². The maximum atomic E-state index is 12.4. The van der Waals surface area contributed by atoms with Gasteiger partial charge in [-0.1, -0.05) is 41.9 Å². The molecule has 1 atom stereocenters. The van der Waals surface area contributed by atoms with E-state index in [0.29, 0.717) is 35.1 Å². The first-order valence-electron chi connectivity index (χ1n) is 10.6. The van der Waals surface area contributed by atoms with Gasteiger partial charge >= 0.3 is 6.09 Å². The third-order valence-electron chi connectivity index (χ3n) is 5.85. The normalized spacial score (nSPS) is 18.3. The number of nitrogens with zero attached hydrogens (tertiary/aromatic N) is 1. The Morgan fingerprint density at radius 2 is 1.85 bits per heavy atom. The molecule has 0 aromatic heterocycles. The van der Waals surface area contributed by atoms with Crippen molar-refractivity contribution in [3.8, 4) is 11.5 Å². The molecule has 3 aromatic rings. The van der Waals surface area contributed by atoms with Gasteiger partial charge in [0.2, 0.25) is 0 Å². The summed E-state index contributed by atoms with van der Waals surface area (Å²) in [5.41, 5.74) is 4.06. The molecule has 166 valence electrons. The number of amides is 2. The Hall–Kier alpha value is -3.77. The van der Waals surface area contributed by atoms with E-state index < -0.39 is 0 Å². The minimum absolute atomic E-state index is 0.0404. The average molecular weight is 461 g/mol. The molecule has 1 unspecified atom stereocenters. The number of hydrogen-bond acceptors (Lipinski definition) is 4. The molecule has 1 saturated heterocycles. The summed E-state index contributed by atoms with van der Waals surface area (Å²) in [6.07, 6.45) is 2.22. The van der Waals surface area contributed by atoms with Crippen LogP contribution in [0.2, 0.25) is 5.02 Å². The van der Waals surface area contributed by atoms with Crippen molar-refractivity contribution in [1.29, 1.82) is 0 Å². The minimum atomic E-state index is -0.284. The van der Waals surface area contributed by atoms with E-state index in [1.807, 2.05) is 60.7 Å². The Kier molecular flexibility index (Phi) is 5.52. The molecular formula is C26H21ClN2O4. The highest BCUT2D eigenvalue weighted by molar-refractivity contribution is 6.37. The Labute approximate surface area is 196 Å². The maximum Gasteiger partial charge on any atom is 0.409 e. The molecule has 1 fully saturated rings. The van der Waals surface area contributed by atoms with Gasteiger partial charge in [0.1, 0.15) is 18.1 Å². The molecule has 2 heterocycles. The van der Waals surface area contributed by atoms with Gasteiger partial charge in [-0.15, -0.1) is 0 Å². The molecule has 3 aromatic carbocycles. The molecule has 0 radical (unpaired) electrons. The van der Waals surface area contributed by atoms with Crippen LogP contribution < -0.4 is 10.1 Å². The number of fused-ring (bicyclic) bond motifs is 1. The molecule has 1 N–H and O–H groups in total. The lowest BCUT2D eigenvalue weighted by Gasteiger charge is -2.16. The van der Waals surface area contributed by atoms with E-state index in [1.54, 1.807) is 24.1 Å². The van der Waals surface area contributed by atoms with Crippen LogP contribution >= 0.6 is 11.6 Å². The van der Waals surface area contributed by atoms with Gasteiger partial charge in [0.05, 0.1) is 11.1 Å². The van der Waals surface area contributed by atoms with E-state index in [0.717, 1.165) is 22.4 Å².